The molecule has 0 fully saturated rings. The van der Waals surface area contributed by atoms with E-state index in [0.717, 1.165) is 22.6 Å². The molecule has 32 heavy (non-hydrogen) atoms. The lowest BCUT2D eigenvalue weighted by Crippen LogP contribution is -2.10. The number of hydrogen-bond donors (Lipinski definition) is 0. The van der Waals surface area contributed by atoms with Crippen molar-refractivity contribution in [2.45, 2.75) is 26.2 Å². The molecule has 1 heterocycles. The van der Waals surface area contributed by atoms with E-state index >= 15 is 0 Å². The molecule has 0 saturated carbocycles. The highest BCUT2D eigenvalue weighted by Crippen LogP contribution is 2.39. The van der Waals surface area contributed by atoms with Crippen molar-refractivity contribution in [1.29, 1.82) is 0 Å². The van der Waals surface area contributed by atoms with E-state index in [9.17, 15) is 0 Å². The molecule has 3 aromatic carbocycles. The van der Waals surface area contributed by atoms with Crippen molar-refractivity contribution in [2.24, 2.45) is 7.05 Å². The molecule has 3 heteroatoms. The molecule has 0 amide bonds. The first-order valence-corrected chi connectivity index (χ1v) is 10.9. The Morgan fingerprint density at radius 2 is 1.09 bits per heavy atom. The largest absolute Gasteiger partial charge is 0.497 e. The Bertz CT molecular complexity index is 1190. The summed E-state index contributed by atoms with van der Waals surface area (Å²) in [5.74, 6) is 1.71. The van der Waals surface area contributed by atoms with Crippen LogP contribution in [0.25, 0.3) is 33.6 Å². The minimum absolute atomic E-state index is 0.134. The zero-order chi connectivity index (χ0) is 22.9. The van der Waals surface area contributed by atoms with Gasteiger partial charge >= 0.3 is 0 Å². The highest BCUT2D eigenvalue weighted by molar-refractivity contribution is 5.87. The first kappa shape index (κ1) is 21.8. The Morgan fingerprint density at radius 1 is 0.625 bits per heavy atom. The topological polar surface area (TPSA) is 23.4 Å². The second kappa shape index (κ2) is 8.58. The van der Waals surface area contributed by atoms with Gasteiger partial charge in [0.15, 0.2) is 0 Å². The Morgan fingerprint density at radius 3 is 1.56 bits per heavy atom. The maximum absolute atomic E-state index is 5.37. The van der Waals surface area contributed by atoms with E-state index in [-0.39, 0.29) is 5.41 Å². The fourth-order valence-corrected chi connectivity index (χ4v) is 4.11. The van der Waals surface area contributed by atoms with Gasteiger partial charge in [0, 0.05) is 18.3 Å². The van der Waals surface area contributed by atoms with Crippen LogP contribution in [-0.4, -0.2) is 18.8 Å². The van der Waals surface area contributed by atoms with Crippen LogP contribution in [0.4, 0.5) is 0 Å². The molecular weight excluding hydrogens is 394 g/mol. The number of hydrogen-bond acceptors (Lipinski definition) is 2. The number of nitrogens with zero attached hydrogens (tertiary/aromatic N) is 1. The third kappa shape index (κ3) is 4.16. The quantitative estimate of drug-likeness (QED) is 0.334. The van der Waals surface area contributed by atoms with E-state index in [1.807, 2.05) is 24.3 Å². The van der Waals surface area contributed by atoms with Gasteiger partial charge in [-0.2, -0.15) is 0 Å². The maximum atomic E-state index is 5.37. The average Bonchev–Trinajstić information content (AvgIpc) is 3.15. The van der Waals surface area contributed by atoms with E-state index in [0.29, 0.717) is 0 Å². The molecule has 3 nitrogen and oxygen atoms in total. The van der Waals surface area contributed by atoms with Gasteiger partial charge in [0.2, 0.25) is 0 Å². The van der Waals surface area contributed by atoms with Crippen molar-refractivity contribution in [3.05, 3.63) is 84.4 Å². The van der Waals surface area contributed by atoms with Crippen molar-refractivity contribution in [1.82, 2.24) is 4.57 Å². The molecule has 0 unspecified atom stereocenters. The molecule has 0 N–H and O–H groups in total. The Labute approximate surface area is 191 Å². The normalized spacial score (nSPS) is 11.4. The van der Waals surface area contributed by atoms with E-state index in [1.165, 1.54) is 28.1 Å². The molecule has 4 aromatic rings. The predicted octanol–water partition coefficient (Wildman–Crippen LogP) is 7.34. The number of aromatic nitrogens is 1. The zero-order valence-corrected chi connectivity index (χ0v) is 19.8. The average molecular weight is 426 g/mol. The first-order chi connectivity index (χ1) is 15.3. The van der Waals surface area contributed by atoms with Crippen LogP contribution in [0.5, 0.6) is 11.5 Å². The minimum atomic E-state index is 0.134. The van der Waals surface area contributed by atoms with E-state index in [1.54, 1.807) is 14.2 Å². The van der Waals surface area contributed by atoms with E-state index in [4.69, 9.17) is 9.47 Å². The molecule has 0 aliphatic heterocycles. The molecule has 0 saturated heterocycles. The SMILES string of the molecule is COc1ccc(-c2cc(-c3ccc(C(C)(C)C)cc3)n(C)c2-c2ccc(OC)cc2)cc1. The van der Waals surface area contributed by atoms with Crippen LogP contribution >= 0.6 is 0 Å². The number of methoxy groups -OCH3 is 2. The van der Waals surface area contributed by atoms with Crippen molar-refractivity contribution < 1.29 is 9.47 Å². The van der Waals surface area contributed by atoms with Gasteiger partial charge in [-0.25, -0.2) is 0 Å². The van der Waals surface area contributed by atoms with Crippen LogP contribution in [0, 0.1) is 0 Å². The van der Waals surface area contributed by atoms with Crippen LogP contribution in [0.15, 0.2) is 78.9 Å². The second-order valence-electron chi connectivity index (χ2n) is 9.14. The summed E-state index contributed by atoms with van der Waals surface area (Å²) < 4.78 is 13.0. The first-order valence-electron chi connectivity index (χ1n) is 10.9. The summed E-state index contributed by atoms with van der Waals surface area (Å²) in [7, 11) is 5.53. The predicted molar refractivity (Wildman–Crippen MR) is 134 cm³/mol. The van der Waals surface area contributed by atoms with E-state index in [2.05, 4.69) is 87.0 Å². The van der Waals surface area contributed by atoms with Crippen LogP contribution in [0.3, 0.4) is 0 Å². The molecule has 0 aliphatic rings. The third-order valence-electron chi connectivity index (χ3n) is 6.04. The standard InChI is InChI=1S/C29H31NO2/c1-29(2,3)23-13-7-21(8-14-23)27-19-26(20-9-15-24(31-5)16-10-20)28(30(27)4)22-11-17-25(32-6)18-12-22/h7-19H,1-6H3. The van der Waals surface area contributed by atoms with Gasteiger partial charge in [-0.1, -0.05) is 57.2 Å². The summed E-state index contributed by atoms with van der Waals surface area (Å²) in [5, 5.41) is 0. The molecule has 4 rings (SSSR count). The molecule has 0 bridgehead atoms. The Kier molecular flexibility index (Phi) is 5.84. The summed E-state index contributed by atoms with van der Waals surface area (Å²) in [6.07, 6.45) is 0. The fourth-order valence-electron chi connectivity index (χ4n) is 4.11. The smallest absolute Gasteiger partial charge is 0.118 e. The second-order valence-corrected chi connectivity index (χ2v) is 9.14. The molecule has 0 spiro atoms. The van der Waals surface area contributed by atoms with Crippen molar-refractivity contribution >= 4 is 0 Å². The Balaban J connectivity index is 1.87. The molecule has 0 aliphatic carbocycles. The summed E-state index contributed by atoms with van der Waals surface area (Å²) in [6, 6.07) is 27.7. The lowest BCUT2D eigenvalue weighted by atomic mass is 9.86. The van der Waals surface area contributed by atoms with E-state index < -0.39 is 0 Å². The third-order valence-corrected chi connectivity index (χ3v) is 6.04. The number of ether oxygens (including phenoxy) is 2. The summed E-state index contributed by atoms with van der Waals surface area (Å²) in [5.41, 5.74) is 8.53. The maximum Gasteiger partial charge on any atom is 0.118 e. The lowest BCUT2D eigenvalue weighted by molar-refractivity contribution is 0.414. The monoisotopic (exact) mass is 425 g/mol. The van der Waals surface area contributed by atoms with Crippen LogP contribution in [0.2, 0.25) is 0 Å². The van der Waals surface area contributed by atoms with Gasteiger partial charge < -0.3 is 14.0 Å². The van der Waals surface area contributed by atoms with Gasteiger partial charge in [-0.05, 0) is 70.1 Å². The summed E-state index contributed by atoms with van der Waals surface area (Å²) in [4.78, 5) is 0. The molecule has 0 atom stereocenters. The highest BCUT2D eigenvalue weighted by atomic mass is 16.5. The van der Waals surface area contributed by atoms with Gasteiger partial charge in [-0.15, -0.1) is 0 Å². The summed E-state index contributed by atoms with van der Waals surface area (Å²) in [6.45, 7) is 6.73. The number of benzene rings is 3. The molecular formula is C29H31NO2. The van der Waals surface area contributed by atoms with Gasteiger partial charge in [0.25, 0.3) is 0 Å². The van der Waals surface area contributed by atoms with Crippen LogP contribution in [-0.2, 0) is 12.5 Å². The molecule has 0 radical (unpaired) electrons. The minimum Gasteiger partial charge on any atom is -0.497 e. The van der Waals surface area contributed by atoms with Crippen LogP contribution in [0.1, 0.15) is 26.3 Å². The van der Waals surface area contributed by atoms with Crippen molar-refractivity contribution in [3.63, 3.8) is 0 Å². The van der Waals surface area contributed by atoms with Gasteiger partial charge in [0.05, 0.1) is 19.9 Å². The summed E-state index contributed by atoms with van der Waals surface area (Å²) >= 11 is 0. The van der Waals surface area contributed by atoms with Crippen molar-refractivity contribution in [3.8, 4) is 45.1 Å². The fraction of sp³-hybridized carbons (Fsp3) is 0.241. The Hall–Kier alpha value is -3.46. The van der Waals surface area contributed by atoms with Crippen LogP contribution < -0.4 is 9.47 Å². The molecule has 164 valence electrons. The number of rotatable bonds is 5. The van der Waals surface area contributed by atoms with Gasteiger partial charge in [-0.3, -0.25) is 0 Å². The zero-order valence-electron chi connectivity index (χ0n) is 19.8. The van der Waals surface area contributed by atoms with Crippen molar-refractivity contribution in [2.75, 3.05) is 14.2 Å². The highest BCUT2D eigenvalue weighted by Gasteiger charge is 2.19. The molecule has 1 aromatic heterocycles. The lowest BCUT2D eigenvalue weighted by Gasteiger charge is -2.19. The van der Waals surface area contributed by atoms with Gasteiger partial charge in [0.1, 0.15) is 11.5 Å².